The summed E-state index contributed by atoms with van der Waals surface area (Å²) >= 11 is 1.67. The molecular weight excluding hydrogens is 220 g/mol. The first-order chi connectivity index (χ1) is 7.74. The van der Waals surface area contributed by atoms with E-state index in [2.05, 4.69) is 17.2 Å². The summed E-state index contributed by atoms with van der Waals surface area (Å²) in [5, 5.41) is 2.93. The third kappa shape index (κ3) is 4.66. The highest BCUT2D eigenvalue weighted by Crippen LogP contribution is 2.08. The van der Waals surface area contributed by atoms with Crippen LogP contribution in [-0.4, -0.2) is 22.4 Å². The second-order valence-electron chi connectivity index (χ2n) is 3.60. The van der Waals surface area contributed by atoms with Gasteiger partial charge in [-0.05, 0) is 31.2 Å². The number of nitrogens with zero attached hydrogens (tertiary/aromatic N) is 1. The molecule has 0 aliphatic rings. The van der Waals surface area contributed by atoms with Crippen molar-refractivity contribution >= 4 is 17.7 Å². The summed E-state index contributed by atoms with van der Waals surface area (Å²) in [7, 11) is 0. The van der Waals surface area contributed by atoms with Crippen molar-refractivity contribution in [2.24, 2.45) is 0 Å². The molecule has 1 N–H and O–H groups in total. The average Bonchev–Trinajstić information content (AvgIpc) is 2.30. The topological polar surface area (TPSA) is 42.0 Å². The maximum absolute atomic E-state index is 11.5. The fraction of sp³-hybridized carbons (Fsp3) is 0.500. The van der Waals surface area contributed by atoms with Gasteiger partial charge in [-0.3, -0.25) is 9.78 Å². The number of aromatic nitrogens is 1. The minimum atomic E-state index is -0.0177. The maximum Gasteiger partial charge on any atom is 0.230 e. The van der Waals surface area contributed by atoms with Crippen LogP contribution < -0.4 is 5.32 Å². The van der Waals surface area contributed by atoms with Gasteiger partial charge in [0.2, 0.25) is 5.91 Å². The fourth-order valence-corrected chi connectivity index (χ4v) is 2.00. The van der Waals surface area contributed by atoms with E-state index in [0.717, 1.165) is 17.9 Å². The zero-order chi connectivity index (χ0) is 11.8. The minimum absolute atomic E-state index is 0.0177. The number of pyridine rings is 1. The van der Waals surface area contributed by atoms with Crippen molar-refractivity contribution in [3.63, 3.8) is 0 Å². The third-order valence-corrected chi connectivity index (χ3v) is 3.25. The number of carbonyl (C=O) groups excluding carboxylic acids is 1. The first-order valence-electron chi connectivity index (χ1n) is 5.52. The van der Waals surface area contributed by atoms with Crippen LogP contribution in [0.1, 0.15) is 32.0 Å². The Balaban J connectivity index is 2.34. The molecular formula is C12H18N2OS. The lowest BCUT2D eigenvalue weighted by atomic mass is 10.2. The number of rotatable bonds is 6. The number of thioether (sulfide) groups is 1. The molecule has 0 bridgehead atoms. The summed E-state index contributed by atoms with van der Waals surface area (Å²) in [5.74, 6) is 1.65. The second-order valence-corrected chi connectivity index (χ2v) is 4.70. The molecule has 1 atom stereocenters. The van der Waals surface area contributed by atoms with Gasteiger partial charge in [-0.15, -0.1) is 0 Å². The zero-order valence-electron chi connectivity index (χ0n) is 9.77. The lowest BCUT2D eigenvalue weighted by Crippen LogP contribution is -2.28. The van der Waals surface area contributed by atoms with Gasteiger partial charge in [0.1, 0.15) is 0 Å². The van der Waals surface area contributed by atoms with Gasteiger partial charge in [0.15, 0.2) is 0 Å². The molecule has 0 unspecified atom stereocenters. The third-order valence-electron chi connectivity index (χ3n) is 2.09. The summed E-state index contributed by atoms with van der Waals surface area (Å²) in [5.41, 5.74) is 0.899. The Bertz CT molecular complexity index is 316. The molecule has 0 aromatic carbocycles. The summed E-state index contributed by atoms with van der Waals surface area (Å²) in [6.45, 7) is 4.06. The van der Waals surface area contributed by atoms with Crippen molar-refractivity contribution in [2.45, 2.75) is 26.3 Å². The predicted molar refractivity (Wildman–Crippen MR) is 68.4 cm³/mol. The Labute approximate surface area is 101 Å². The van der Waals surface area contributed by atoms with Crippen molar-refractivity contribution in [1.29, 1.82) is 0 Å². The Morgan fingerprint density at radius 3 is 3.00 bits per heavy atom. The molecule has 1 aromatic heterocycles. The number of hydrogen-bond acceptors (Lipinski definition) is 3. The monoisotopic (exact) mass is 238 g/mol. The average molecular weight is 238 g/mol. The van der Waals surface area contributed by atoms with Gasteiger partial charge < -0.3 is 5.32 Å². The van der Waals surface area contributed by atoms with Crippen LogP contribution in [0.25, 0.3) is 0 Å². The Kier molecular flexibility index (Phi) is 5.93. The lowest BCUT2D eigenvalue weighted by molar-refractivity contribution is -0.119. The van der Waals surface area contributed by atoms with E-state index in [4.69, 9.17) is 0 Å². The summed E-state index contributed by atoms with van der Waals surface area (Å²) in [4.78, 5) is 15.7. The minimum Gasteiger partial charge on any atom is -0.347 e. The van der Waals surface area contributed by atoms with E-state index in [1.54, 1.807) is 18.0 Å². The van der Waals surface area contributed by atoms with Crippen molar-refractivity contribution in [3.05, 3.63) is 30.1 Å². The summed E-state index contributed by atoms with van der Waals surface area (Å²) < 4.78 is 0. The van der Waals surface area contributed by atoms with Crippen molar-refractivity contribution in [2.75, 3.05) is 11.5 Å². The first kappa shape index (κ1) is 13.0. The molecule has 0 fully saturated rings. The fourth-order valence-electron chi connectivity index (χ4n) is 1.30. The predicted octanol–water partition coefficient (Wildman–Crippen LogP) is 2.40. The van der Waals surface area contributed by atoms with Crippen LogP contribution in [0.15, 0.2) is 24.4 Å². The normalized spacial score (nSPS) is 12.1. The number of amides is 1. The van der Waals surface area contributed by atoms with Crippen LogP contribution in [0.2, 0.25) is 0 Å². The van der Waals surface area contributed by atoms with Crippen LogP contribution in [-0.2, 0) is 4.79 Å². The van der Waals surface area contributed by atoms with E-state index in [1.807, 2.05) is 25.1 Å². The molecule has 0 saturated heterocycles. The van der Waals surface area contributed by atoms with E-state index < -0.39 is 0 Å². The van der Waals surface area contributed by atoms with Crippen LogP contribution in [0, 0.1) is 0 Å². The van der Waals surface area contributed by atoms with Crippen LogP contribution in [0.5, 0.6) is 0 Å². The number of hydrogen-bond donors (Lipinski definition) is 1. The molecule has 88 valence electrons. The van der Waals surface area contributed by atoms with E-state index >= 15 is 0 Å². The van der Waals surface area contributed by atoms with E-state index in [1.165, 1.54) is 0 Å². The molecule has 1 heterocycles. The van der Waals surface area contributed by atoms with E-state index in [0.29, 0.717) is 5.75 Å². The largest absolute Gasteiger partial charge is 0.347 e. The molecule has 0 aliphatic heterocycles. The molecule has 4 heteroatoms. The SMILES string of the molecule is CCCSCC(=O)N[C@@H](C)c1ccccn1. The van der Waals surface area contributed by atoms with Crippen molar-refractivity contribution in [1.82, 2.24) is 10.3 Å². The van der Waals surface area contributed by atoms with Gasteiger partial charge in [0.25, 0.3) is 0 Å². The second kappa shape index (κ2) is 7.28. The van der Waals surface area contributed by atoms with Crippen LogP contribution >= 0.6 is 11.8 Å². The summed E-state index contributed by atoms with van der Waals surface area (Å²) in [6.07, 6.45) is 2.84. The standard InChI is InChI=1S/C12H18N2OS/c1-3-8-16-9-12(15)14-10(2)11-6-4-5-7-13-11/h4-7,10H,3,8-9H2,1-2H3,(H,14,15)/t10-/m0/s1. The van der Waals surface area contributed by atoms with Gasteiger partial charge in [-0.2, -0.15) is 11.8 Å². The highest BCUT2D eigenvalue weighted by Gasteiger charge is 2.09. The van der Waals surface area contributed by atoms with Gasteiger partial charge >= 0.3 is 0 Å². The molecule has 1 amide bonds. The van der Waals surface area contributed by atoms with Gasteiger partial charge in [0.05, 0.1) is 17.5 Å². The van der Waals surface area contributed by atoms with Crippen molar-refractivity contribution < 1.29 is 4.79 Å². The smallest absolute Gasteiger partial charge is 0.230 e. The Morgan fingerprint density at radius 2 is 2.38 bits per heavy atom. The molecule has 1 aromatic rings. The van der Waals surface area contributed by atoms with E-state index in [9.17, 15) is 4.79 Å². The zero-order valence-corrected chi connectivity index (χ0v) is 10.6. The Hall–Kier alpha value is -1.03. The van der Waals surface area contributed by atoms with Gasteiger partial charge in [0, 0.05) is 6.20 Å². The highest BCUT2D eigenvalue weighted by atomic mass is 32.2. The molecule has 3 nitrogen and oxygen atoms in total. The van der Waals surface area contributed by atoms with Crippen LogP contribution in [0.3, 0.4) is 0 Å². The number of nitrogens with one attached hydrogen (secondary N) is 1. The molecule has 0 spiro atoms. The van der Waals surface area contributed by atoms with Gasteiger partial charge in [-0.25, -0.2) is 0 Å². The molecule has 0 radical (unpaired) electrons. The van der Waals surface area contributed by atoms with E-state index in [-0.39, 0.29) is 11.9 Å². The molecule has 16 heavy (non-hydrogen) atoms. The molecule has 0 saturated carbocycles. The lowest BCUT2D eigenvalue weighted by Gasteiger charge is -2.12. The maximum atomic E-state index is 11.5. The van der Waals surface area contributed by atoms with Crippen molar-refractivity contribution in [3.8, 4) is 0 Å². The molecule has 0 aliphatic carbocycles. The first-order valence-corrected chi connectivity index (χ1v) is 6.67. The Morgan fingerprint density at radius 1 is 1.56 bits per heavy atom. The summed E-state index contributed by atoms with van der Waals surface area (Å²) in [6, 6.07) is 5.70. The highest BCUT2D eigenvalue weighted by molar-refractivity contribution is 7.99. The number of carbonyl (C=O) groups is 1. The molecule has 1 rings (SSSR count). The van der Waals surface area contributed by atoms with Crippen LogP contribution in [0.4, 0.5) is 0 Å². The van der Waals surface area contributed by atoms with Gasteiger partial charge in [-0.1, -0.05) is 13.0 Å². The quantitative estimate of drug-likeness (QED) is 0.774.